The molecule has 1 aromatic heterocycles. The van der Waals surface area contributed by atoms with Crippen molar-refractivity contribution in [2.45, 2.75) is 43.6 Å². The number of H-pyrrole nitrogens is 1. The predicted octanol–water partition coefficient (Wildman–Crippen LogP) is 2.50. The Bertz CT molecular complexity index is 741. The molecule has 1 heterocycles. The molecule has 0 aliphatic heterocycles. The lowest BCUT2D eigenvalue weighted by Gasteiger charge is -2.14. The molecule has 0 aliphatic rings. The molecule has 2 rings (SSSR count). The zero-order valence-corrected chi connectivity index (χ0v) is 14.9. The molecule has 7 nitrogen and oxygen atoms in total. The van der Waals surface area contributed by atoms with Gasteiger partial charge in [-0.2, -0.15) is 0 Å². The van der Waals surface area contributed by atoms with Crippen molar-refractivity contribution in [2.75, 3.05) is 12.4 Å². The Morgan fingerprint density at radius 2 is 2.21 bits per heavy atom. The molecule has 0 spiro atoms. The standard InChI is InChI=1S/C16H22N4O3S/c1-4-5-10-20-15(22)18-19-16(20)24-11(2)14(21)17-12-8-6-7-9-13(12)23-3/h6-9,11H,4-5,10H2,1-3H3,(H,17,21)(H,18,22). The van der Waals surface area contributed by atoms with Gasteiger partial charge in [-0.05, 0) is 25.5 Å². The Morgan fingerprint density at radius 1 is 1.46 bits per heavy atom. The first kappa shape index (κ1) is 18.1. The molecular weight excluding hydrogens is 328 g/mol. The smallest absolute Gasteiger partial charge is 0.343 e. The predicted molar refractivity (Wildman–Crippen MR) is 94.7 cm³/mol. The van der Waals surface area contributed by atoms with Gasteiger partial charge in [0.1, 0.15) is 5.75 Å². The van der Waals surface area contributed by atoms with Crippen molar-refractivity contribution in [3.8, 4) is 5.75 Å². The number of carbonyl (C=O) groups excluding carboxylic acids is 1. The summed E-state index contributed by atoms with van der Waals surface area (Å²) in [5.41, 5.74) is 0.367. The van der Waals surface area contributed by atoms with E-state index in [-0.39, 0.29) is 11.6 Å². The van der Waals surface area contributed by atoms with Crippen LogP contribution in [0.15, 0.2) is 34.2 Å². The van der Waals surface area contributed by atoms with Crippen molar-refractivity contribution >= 4 is 23.4 Å². The quantitative estimate of drug-likeness (QED) is 0.714. The number of nitrogens with zero attached hydrogens (tertiary/aromatic N) is 2. The number of aromatic nitrogens is 3. The van der Waals surface area contributed by atoms with Crippen LogP contribution in [0.3, 0.4) is 0 Å². The molecule has 8 heteroatoms. The van der Waals surface area contributed by atoms with Gasteiger partial charge in [0.2, 0.25) is 5.91 Å². The SMILES string of the molecule is CCCCn1c(SC(C)C(=O)Nc2ccccc2OC)n[nH]c1=O. The third-order valence-corrected chi connectivity index (χ3v) is 4.56. The molecule has 0 fully saturated rings. The van der Waals surface area contributed by atoms with E-state index in [1.807, 2.05) is 12.1 Å². The highest BCUT2D eigenvalue weighted by Gasteiger charge is 2.20. The second-order valence-corrected chi connectivity index (χ2v) is 6.57. The minimum Gasteiger partial charge on any atom is -0.495 e. The number of hydrogen-bond donors (Lipinski definition) is 2. The number of hydrogen-bond acceptors (Lipinski definition) is 5. The van der Waals surface area contributed by atoms with Gasteiger partial charge < -0.3 is 10.1 Å². The van der Waals surface area contributed by atoms with Gasteiger partial charge in [-0.3, -0.25) is 9.36 Å². The Labute approximate surface area is 144 Å². The van der Waals surface area contributed by atoms with Crippen molar-refractivity contribution < 1.29 is 9.53 Å². The van der Waals surface area contributed by atoms with E-state index < -0.39 is 5.25 Å². The number of rotatable bonds is 8. The van der Waals surface area contributed by atoms with Crippen LogP contribution in [0.2, 0.25) is 0 Å². The fourth-order valence-electron chi connectivity index (χ4n) is 2.10. The molecule has 0 saturated heterocycles. The van der Waals surface area contributed by atoms with Gasteiger partial charge in [0, 0.05) is 6.54 Å². The van der Waals surface area contributed by atoms with Crippen LogP contribution < -0.4 is 15.7 Å². The fraction of sp³-hybridized carbons (Fsp3) is 0.438. The molecule has 0 aliphatic carbocycles. The summed E-state index contributed by atoms with van der Waals surface area (Å²) in [6, 6.07) is 7.22. The lowest BCUT2D eigenvalue weighted by atomic mass is 10.3. The van der Waals surface area contributed by atoms with Gasteiger partial charge in [0.05, 0.1) is 18.0 Å². The molecule has 1 aromatic carbocycles. The van der Waals surface area contributed by atoms with E-state index in [0.717, 1.165) is 12.8 Å². The van der Waals surface area contributed by atoms with Gasteiger partial charge in [-0.25, -0.2) is 9.89 Å². The summed E-state index contributed by atoms with van der Waals surface area (Å²) in [5, 5.41) is 9.41. The Hall–Kier alpha value is -2.22. The van der Waals surface area contributed by atoms with Crippen molar-refractivity contribution in [1.29, 1.82) is 0 Å². The fourth-order valence-corrected chi connectivity index (χ4v) is 2.98. The van der Waals surface area contributed by atoms with E-state index in [2.05, 4.69) is 22.4 Å². The number of benzene rings is 1. The van der Waals surface area contributed by atoms with Crippen LogP contribution in [-0.4, -0.2) is 33.0 Å². The summed E-state index contributed by atoms with van der Waals surface area (Å²) in [5.74, 6) is 0.421. The van der Waals surface area contributed by atoms with Gasteiger partial charge in [-0.15, -0.1) is 5.10 Å². The molecule has 2 aromatic rings. The summed E-state index contributed by atoms with van der Waals surface area (Å²) >= 11 is 1.25. The number of amides is 1. The number of para-hydroxylation sites is 2. The number of unbranched alkanes of at least 4 members (excludes halogenated alkanes) is 1. The van der Waals surface area contributed by atoms with Crippen LogP contribution in [0.25, 0.3) is 0 Å². The number of carbonyl (C=O) groups is 1. The average Bonchev–Trinajstić information content (AvgIpc) is 2.93. The van der Waals surface area contributed by atoms with E-state index in [1.54, 1.807) is 30.7 Å². The molecular formula is C16H22N4O3S. The minimum atomic E-state index is -0.412. The Morgan fingerprint density at radius 3 is 2.92 bits per heavy atom. The summed E-state index contributed by atoms with van der Waals surface area (Å²) in [6.07, 6.45) is 1.86. The average molecular weight is 350 g/mol. The molecule has 24 heavy (non-hydrogen) atoms. The Balaban J connectivity index is 2.05. The second-order valence-electron chi connectivity index (χ2n) is 5.27. The molecule has 1 unspecified atom stereocenters. The van der Waals surface area contributed by atoms with Crippen molar-refractivity contribution in [1.82, 2.24) is 14.8 Å². The van der Waals surface area contributed by atoms with Crippen molar-refractivity contribution in [3.05, 3.63) is 34.7 Å². The van der Waals surface area contributed by atoms with Crippen molar-refractivity contribution in [2.24, 2.45) is 0 Å². The second kappa shape index (κ2) is 8.58. The highest BCUT2D eigenvalue weighted by Crippen LogP contribution is 2.26. The highest BCUT2D eigenvalue weighted by molar-refractivity contribution is 8.00. The maximum atomic E-state index is 12.4. The molecule has 0 bridgehead atoms. The lowest BCUT2D eigenvalue weighted by molar-refractivity contribution is -0.115. The number of methoxy groups -OCH3 is 1. The number of aromatic amines is 1. The van der Waals surface area contributed by atoms with Crippen LogP contribution in [0, 0.1) is 0 Å². The number of anilines is 1. The van der Waals surface area contributed by atoms with Crippen molar-refractivity contribution in [3.63, 3.8) is 0 Å². The first-order valence-corrected chi connectivity index (χ1v) is 8.70. The first-order chi connectivity index (χ1) is 11.6. The zero-order chi connectivity index (χ0) is 17.5. The van der Waals surface area contributed by atoms with E-state index in [1.165, 1.54) is 11.8 Å². The zero-order valence-electron chi connectivity index (χ0n) is 14.0. The van der Waals surface area contributed by atoms with E-state index in [4.69, 9.17) is 4.74 Å². The van der Waals surface area contributed by atoms with Crippen LogP contribution >= 0.6 is 11.8 Å². The maximum absolute atomic E-state index is 12.4. The van der Waals surface area contributed by atoms with Crippen LogP contribution in [-0.2, 0) is 11.3 Å². The van der Waals surface area contributed by atoms with E-state index in [9.17, 15) is 9.59 Å². The normalized spacial score (nSPS) is 12.0. The van der Waals surface area contributed by atoms with E-state index in [0.29, 0.717) is 23.1 Å². The first-order valence-electron chi connectivity index (χ1n) is 7.82. The topological polar surface area (TPSA) is 89.0 Å². The van der Waals surface area contributed by atoms with Gasteiger partial charge in [0.15, 0.2) is 5.16 Å². The minimum absolute atomic E-state index is 0.179. The summed E-state index contributed by atoms with van der Waals surface area (Å²) < 4.78 is 6.80. The molecule has 130 valence electrons. The summed E-state index contributed by atoms with van der Waals surface area (Å²) in [7, 11) is 1.55. The van der Waals surface area contributed by atoms with E-state index >= 15 is 0 Å². The summed E-state index contributed by atoms with van der Waals surface area (Å²) in [4.78, 5) is 24.2. The third-order valence-electron chi connectivity index (χ3n) is 3.47. The Kier molecular flexibility index (Phi) is 6.48. The lowest BCUT2D eigenvalue weighted by Crippen LogP contribution is -2.24. The third kappa shape index (κ3) is 4.41. The van der Waals surface area contributed by atoms with Gasteiger partial charge in [-0.1, -0.05) is 37.2 Å². The summed E-state index contributed by atoms with van der Waals surface area (Å²) in [6.45, 7) is 4.43. The number of nitrogens with one attached hydrogen (secondary N) is 2. The molecule has 0 saturated carbocycles. The number of thioether (sulfide) groups is 1. The monoisotopic (exact) mass is 350 g/mol. The molecule has 2 N–H and O–H groups in total. The van der Waals surface area contributed by atoms with Gasteiger partial charge in [0.25, 0.3) is 0 Å². The highest BCUT2D eigenvalue weighted by atomic mass is 32.2. The molecule has 1 atom stereocenters. The maximum Gasteiger partial charge on any atom is 0.343 e. The van der Waals surface area contributed by atoms with Gasteiger partial charge >= 0.3 is 5.69 Å². The molecule has 1 amide bonds. The largest absolute Gasteiger partial charge is 0.495 e. The van der Waals surface area contributed by atoms with Crippen LogP contribution in [0.5, 0.6) is 5.75 Å². The van der Waals surface area contributed by atoms with Crippen LogP contribution in [0.1, 0.15) is 26.7 Å². The number of ether oxygens (including phenoxy) is 1. The molecule has 0 radical (unpaired) electrons. The van der Waals surface area contributed by atoms with Crippen LogP contribution in [0.4, 0.5) is 5.69 Å².